The van der Waals surface area contributed by atoms with Gasteiger partial charge >= 0.3 is 6.03 Å². The molecule has 0 aliphatic heterocycles. The highest BCUT2D eigenvalue weighted by atomic mass is 16.2. The lowest BCUT2D eigenvalue weighted by molar-refractivity contribution is 0.0929. The summed E-state index contributed by atoms with van der Waals surface area (Å²) in [4.78, 5) is 29.7. The minimum Gasteiger partial charge on any atom is -0.336 e. The Balaban J connectivity index is 1.13. The fourth-order valence-corrected chi connectivity index (χ4v) is 5.79. The third-order valence-corrected chi connectivity index (χ3v) is 7.16. The first-order valence-electron chi connectivity index (χ1n) is 11.6. The lowest BCUT2D eigenvalue weighted by Gasteiger charge is -2.45. The lowest BCUT2D eigenvalue weighted by atomic mass is 9.59. The summed E-state index contributed by atoms with van der Waals surface area (Å²) in [6, 6.07) is 22.4. The van der Waals surface area contributed by atoms with Crippen molar-refractivity contribution in [3.8, 4) is 0 Å². The van der Waals surface area contributed by atoms with Crippen molar-refractivity contribution in [3.63, 3.8) is 0 Å². The third kappa shape index (κ3) is 3.23. The second-order valence-electron chi connectivity index (χ2n) is 9.05. The van der Waals surface area contributed by atoms with Crippen LogP contribution in [0.2, 0.25) is 0 Å². The molecule has 1 unspecified atom stereocenters. The Hall–Kier alpha value is -4.13. The van der Waals surface area contributed by atoms with Gasteiger partial charge in [0.15, 0.2) is 0 Å². The molecule has 0 fully saturated rings. The number of imidazole rings is 1. The minimum absolute atomic E-state index is 0.257. The lowest BCUT2D eigenvalue weighted by Crippen LogP contribution is -2.49. The molecule has 2 aromatic heterocycles. The summed E-state index contributed by atoms with van der Waals surface area (Å²) < 4.78 is 1.71. The van der Waals surface area contributed by atoms with Gasteiger partial charge in [-0.15, -0.1) is 0 Å². The van der Waals surface area contributed by atoms with Crippen molar-refractivity contribution in [1.29, 1.82) is 0 Å². The van der Waals surface area contributed by atoms with E-state index in [1.54, 1.807) is 17.5 Å². The van der Waals surface area contributed by atoms with Gasteiger partial charge in [-0.25, -0.2) is 15.2 Å². The molecule has 7 nitrogen and oxygen atoms in total. The van der Waals surface area contributed by atoms with Crippen LogP contribution < -0.4 is 16.2 Å². The molecule has 34 heavy (non-hydrogen) atoms. The number of carbonyl (C=O) groups is 2. The van der Waals surface area contributed by atoms with Gasteiger partial charge in [0.25, 0.3) is 5.91 Å². The van der Waals surface area contributed by atoms with Crippen LogP contribution in [0.4, 0.5) is 4.79 Å². The zero-order valence-corrected chi connectivity index (χ0v) is 18.8. The van der Waals surface area contributed by atoms with E-state index in [0.29, 0.717) is 29.5 Å². The molecule has 0 saturated heterocycles. The van der Waals surface area contributed by atoms with Gasteiger partial charge in [-0.1, -0.05) is 54.6 Å². The molecule has 3 aliphatic carbocycles. The number of hydrazine groups is 1. The number of nitrogens with one attached hydrogen (secondary N) is 3. The maximum absolute atomic E-state index is 12.7. The van der Waals surface area contributed by atoms with Gasteiger partial charge in [-0.05, 0) is 53.6 Å². The summed E-state index contributed by atoms with van der Waals surface area (Å²) >= 11 is 0. The molecule has 2 bridgehead atoms. The van der Waals surface area contributed by atoms with Gasteiger partial charge in [0.2, 0.25) is 0 Å². The molecule has 0 radical (unpaired) electrons. The average molecular weight is 452 g/mol. The standard InChI is InChI=1S/C27H25N5O2/c1-16-25(32-13-7-6-12-23(32)29-16)26(33)30-31-27(34)28-15-17-14-22-18-8-2-4-10-20(18)24(17)21-11-5-3-9-19(21)22/h2-13,17,22,24H,14-15H2,1H3,(H,30,33)(H2,28,31,34). The van der Waals surface area contributed by atoms with Crippen LogP contribution in [0.3, 0.4) is 0 Å². The van der Waals surface area contributed by atoms with Crippen LogP contribution in [0.25, 0.3) is 5.65 Å². The molecule has 3 N–H and O–H groups in total. The van der Waals surface area contributed by atoms with Crippen molar-refractivity contribution in [2.24, 2.45) is 5.92 Å². The van der Waals surface area contributed by atoms with E-state index >= 15 is 0 Å². The van der Waals surface area contributed by atoms with E-state index in [0.717, 1.165) is 6.42 Å². The van der Waals surface area contributed by atoms with Gasteiger partial charge in [-0.3, -0.25) is 14.6 Å². The molecular weight excluding hydrogens is 426 g/mol. The number of nitrogens with zero attached hydrogens (tertiary/aromatic N) is 2. The molecule has 1 atom stereocenters. The van der Waals surface area contributed by atoms with Crippen LogP contribution in [-0.4, -0.2) is 27.9 Å². The number of pyridine rings is 1. The van der Waals surface area contributed by atoms with E-state index in [4.69, 9.17) is 0 Å². The molecule has 3 aliphatic rings. The summed E-state index contributed by atoms with van der Waals surface area (Å²) in [6.45, 7) is 2.30. The second-order valence-corrected chi connectivity index (χ2v) is 9.05. The topological polar surface area (TPSA) is 87.5 Å². The van der Waals surface area contributed by atoms with Gasteiger partial charge < -0.3 is 5.32 Å². The Morgan fingerprint density at radius 3 is 2.26 bits per heavy atom. The number of fused-ring (bicyclic) bond motifs is 2. The molecule has 0 saturated carbocycles. The van der Waals surface area contributed by atoms with E-state index in [-0.39, 0.29) is 11.8 Å². The second kappa shape index (κ2) is 8.02. The number of rotatable bonds is 3. The smallest absolute Gasteiger partial charge is 0.333 e. The largest absolute Gasteiger partial charge is 0.336 e. The quantitative estimate of drug-likeness (QED) is 0.413. The molecule has 170 valence electrons. The molecule has 2 heterocycles. The average Bonchev–Trinajstić information content (AvgIpc) is 3.22. The number of benzene rings is 2. The fraction of sp³-hybridized carbons (Fsp3) is 0.222. The highest BCUT2D eigenvalue weighted by Crippen LogP contribution is 2.55. The van der Waals surface area contributed by atoms with Crippen molar-refractivity contribution in [2.75, 3.05) is 6.54 Å². The predicted molar refractivity (Wildman–Crippen MR) is 129 cm³/mol. The molecule has 7 rings (SSSR count). The number of aromatic nitrogens is 2. The van der Waals surface area contributed by atoms with Crippen LogP contribution >= 0.6 is 0 Å². The first-order chi connectivity index (χ1) is 16.6. The first kappa shape index (κ1) is 20.5. The number of carbonyl (C=O) groups excluding carboxylic acids is 2. The SMILES string of the molecule is Cc1nc2ccccn2c1C(=O)NNC(=O)NCC1CC2c3ccccc3C1c1ccccc12. The highest BCUT2D eigenvalue weighted by Gasteiger charge is 2.42. The number of hydrogen-bond donors (Lipinski definition) is 3. The number of aryl methyl sites for hydroxylation is 1. The third-order valence-electron chi connectivity index (χ3n) is 7.16. The van der Waals surface area contributed by atoms with Gasteiger partial charge in [0.05, 0.1) is 5.69 Å². The van der Waals surface area contributed by atoms with E-state index in [2.05, 4.69) is 69.7 Å². The van der Waals surface area contributed by atoms with Crippen molar-refractivity contribution in [2.45, 2.75) is 25.2 Å². The maximum Gasteiger partial charge on any atom is 0.333 e. The predicted octanol–water partition coefficient (Wildman–Crippen LogP) is 3.88. The molecule has 7 heteroatoms. The number of urea groups is 1. The monoisotopic (exact) mass is 451 g/mol. The van der Waals surface area contributed by atoms with Crippen molar-refractivity contribution >= 4 is 17.6 Å². The Bertz CT molecular complexity index is 1380. The normalized spacial score (nSPS) is 19.9. The summed E-state index contributed by atoms with van der Waals surface area (Å²) in [5, 5.41) is 2.96. The van der Waals surface area contributed by atoms with E-state index in [1.165, 1.54) is 22.3 Å². The number of hydrogen-bond acceptors (Lipinski definition) is 3. The first-order valence-corrected chi connectivity index (χ1v) is 11.6. The molecular formula is C27H25N5O2. The Morgan fingerprint density at radius 2 is 1.56 bits per heavy atom. The fourth-order valence-electron chi connectivity index (χ4n) is 5.79. The van der Waals surface area contributed by atoms with E-state index in [1.807, 2.05) is 18.2 Å². The summed E-state index contributed by atoms with van der Waals surface area (Å²) in [5.74, 6) is 0.487. The van der Waals surface area contributed by atoms with Crippen LogP contribution in [-0.2, 0) is 0 Å². The van der Waals surface area contributed by atoms with Crippen LogP contribution in [0.1, 0.15) is 56.7 Å². The van der Waals surface area contributed by atoms with Crippen LogP contribution in [0, 0.1) is 12.8 Å². The summed E-state index contributed by atoms with van der Waals surface area (Å²) in [6.07, 6.45) is 2.77. The summed E-state index contributed by atoms with van der Waals surface area (Å²) in [7, 11) is 0. The van der Waals surface area contributed by atoms with E-state index in [9.17, 15) is 9.59 Å². The van der Waals surface area contributed by atoms with Gasteiger partial charge in [0, 0.05) is 24.6 Å². The van der Waals surface area contributed by atoms with Crippen molar-refractivity contribution in [3.05, 3.63) is 107 Å². The minimum atomic E-state index is -0.428. The Morgan fingerprint density at radius 1 is 0.912 bits per heavy atom. The van der Waals surface area contributed by atoms with Crippen molar-refractivity contribution in [1.82, 2.24) is 25.6 Å². The summed E-state index contributed by atoms with van der Waals surface area (Å²) in [5.41, 5.74) is 12.2. The zero-order valence-electron chi connectivity index (χ0n) is 18.8. The zero-order chi connectivity index (χ0) is 23.2. The Kier molecular flexibility index (Phi) is 4.83. The van der Waals surface area contributed by atoms with E-state index < -0.39 is 11.9 Å². The maximum atomic E-state index is 12.7. The van der Waals surface area contributed by atoms with Gasteiger partial charge in [-0.2, -0.15) is 0 Å². The number of amides is 3. The molecule has 3 amide bonds. The highest BCUT2D eigenvalue weighted by molar-refractivity contribution is 5.95. The molecule has 4 aromatic rings. The van der Waals surface area contributed by atoms with Gasteiger partial charge in [0.1, 0.15) is 11.3 Å². The van der Waals surface area contributed by atoms with Crippen molar-refractivity contribution < 1.29 is 9.59 Å². The Labute approximate surface area is 197 Å². The van der Waals surface area contributed by atoms with Crippen LogP contribution in [0.5, 0.6) is 0 Å². The van der Waals surface area contributed by atoms with Crippen LogP contribution in [0.15, 0.2) is 72.9 Å². The molecule has 2 aromatic carbocycles. The molecule has 0 spiro atoms.